The van der Waals surface area contributed by atoms with Crippen LogP contribution in [0.4, 0.5) is 0 Å². The van der Waals surface area contributed by atoms with Crippen LogP contribution in [0, 0.1) is 0 Å². The van der Waals surface area contributed by atoms with Crippen LogP contribution in [0.5, 0.6) is 0 Å². The number of quaternary nitrogens is 1. The van der Waals surface area contributed by atoms with Crippen molar-refractivity contribution in [3.63, 3.8) is 0 Å². The van der Waals surface area contributed by atoms with Crippen molar-refractivity contribution in [2.75, 3.05) is 26.3 Å². The molecule has 1 aliphatic rings. The Balaban J connectivity index is 1.71. The lowest BCUT2D eigenvalue weighted by atomic mass is 10.00. The number of fused-ring (bicyclic) bond motifs is 1. The fourth-order valence-corrected chi connectivity index (χ4v) is 2.24. The van der Waals surface area contributed by atoms with Crippen LogP contribution in [-0.2, 0) is 22.5 Å². The van der Waals surface area contributed by atoms with E-state index in [1.807, 2.05) is 6.08 Å². The van der Waals surface area contributed by atoms with E-state index < -0.39 is 0 Å². The molecule has 1 aromatic rings. The third kappa shape index (κ3) is 4.59. The number of carbonyl (C=O) groups is 1. The summed E-state index contributed by atoms with van der Waals surface area (Å²) in [6.45, 7) is 3.61. The molecule has 102 valence electrons. The van der Waals surface area contributed by atoms with Crippen molar-refractivity contribution in [3.05, 3.63) is 47.5 Å². The molecule has 4 nitrogen and oxygen atoms in total. The lowest BCUT2D eigenvalue weighted by Gasteiger charge is -2.27. The minimum Gasteiger partial charge on any atom is -0.363 e. The number of nitrogens with zero attached hydrogens (tertiary/aromatic N) is 1. The summed E-state index contributed by atoms with van der Waals surface area (Å²) in [6, 6.07) is 8.62. The van der Waals surface area contributed by atoms with Gasteiger partial charge >= 0.3 is 5.91 Å². The van der Waals surface area contributed by atoms with Crippen molar-refractivity contribution >= 4 is 5.91 Å². The molecule has 0 aliphatic carbocycles. The zero-order valence-corrected chi connectivity index (χ0v) is 11.2. The molecule has 0 spiro atoms. The molecular formula is C15H21N2O2+. The molecule has 0 saturated carbocycles. The predicted molar refractivity (Wildman–Crippen MR) is 73.3 cm³/mol. The molecule has 0 radical (unpaired) electrons. The molecule has 0 aromatic heterocycles. The second-order valence-electron chi connectivity index (χ2n) is 4.78. The lowest BCUT2D eigenvalue weighted by molar-refractivity contribution is -0.309. The molecule has 1 aliphatic heterocycles. The predicted octanol–water partition coefficient (Wildman–Crippen LogP) is 0.386. The van der Waals surface area contributed by atoms with Crippen LogP contribution in [0.2, 0.25) is 0 Å². The largest absolute Gasteiger partial charge is 0.363 e. The molecule has 0 bridgehead atoms. The van der Waals surface area contributed by atoms with Crippen LogP contribution in [0.3, 0.4) is 0 Å². The normalized spacial score (nSPS) is 15.6. The molecular weight excluding hydrogens is 240 g/mol. The van der Waals surface area contributed by atoms with Crippen LogP contribution in [-0.4, -0.2) is 37.1 Å². The van der Waals surface area contributed by atoms with Crippen molar-refractivity contribution < 1.29 is 15.3 Å². The van der Waals surface area contributed by atoms with E-state index in [1.165, 1.54) is 11.1 Å². The number of carbonyl (C=O) groups excluding carboxylic acids is 1. The number of benzene rings is 1. The van der Waals surface area contributed by atoms with E-state index in [9.17, 15) is 4.79 Å². The van der Waals surface area contributed by atoms with Gasteiger partial charge in [0.05, 0.1) is 6.61 Å². The van der Waals surface area contributed by atoms with Crippen molar-refractivity contribution in [3.8, 4) is 0 Å². The Hall–Kier alpha value is -1.49. The highest BCUT2D eigenvalue weighted by atomic mass is 16.5. The highest BCUT2D eigenvalue weighted by Gasteiger charge is 2.13. The van der Waals surface area contributed by atoms with Gasteiger partial charge in [-0.3, -0.25) is 10.6 Å². The standard InChI is InChI=1S/C15H20N2O2/c16-15(18)12-19-10-4-3-8-17-9-7-13-5-1-2-6-14(13)11-17/h1-6H,7-12H2,(H2,16,18)/p+1. The van der Waals surface area contributed by atoms with Gasteiger partial charge < -0.3 is 4.74 Å². The van der Waals surface area contributed by atoms with Gasteiger partial charge in [0.2, 0.25) is 0 Å². The average molecular weight is 261 g/mol. The maximum Gasteiger partial charge on any atom is 0.334 e. The number of hydrogen-bond acceptors (Lipinski definition) is 3. The maximum absolute atomic E-state index is 10.6. The summed E-state index contributed by atoms with van der Waals surface area (Å²) in [7, 11) is 0. The first-order valence-corrected chi connectivity index (χ1v) is 6.62. The van der Waals surface area contributed by atoms with Gasteiger partial charge in [0.1, 0.15) is 0 Å². The van der Waals surface area contributed by atoms with E-state index in [-0.39, 0.29) is 12.5 Å². The van der Waals surface area contributed by atoms with Gasteiger partial charge in [-0.15, -0.1) is 0 Å². The van der Waals surface area contributed by atoms with E-state index in [4.69, 9.17) is 4.74 Å². The molecule has 0 saturated heterocycles. The fourth-order valence-electron chi connectivity index (χ4n) is 2.24. The van der Waals surface area contributed by atoms with E-state index in [2.05, 4.69) is 41.0 Å². The molecule has 1 aromatic carbocycles. The summed E-state index contributed by atoms with van der Waals surface area (Å²) in [6.07, 6.45) is 5.18. The molecule has 4 heteroatoms. The Kier molecular flexibility index (Phi) is 5.27. The minimum atomic E-state index is -0.180. The lowest BCUT2D eigenvalue weighted by Crippen LogP contribution is -2.59. The first-order chi connectivity index (χ1) is 9.25. The molecule has 1 amide bonds. The molecule has 1 heterocycles. The van der Waals surface area contributed by atoms with Crippen molar-refractivity contribution in [1.82, 2.24) is 4.90 Å². The van der Waals surface area contributed by atoms with Gasteiger partial charge in [-0.1, -0.05) is 36.4 Å². The number of hydrogen-bond donors (Lipinski definition) is 1. The summed E-state index contributed by atoms with van der Waals surface area (Å²) in [5.74, 6) is -0.180. The first kappa shape index (κ1) is 13.9. The first-order valence-electron chi connectivity index (χ1n) is 6.62. The Morgan fingerprint density at radius 2 is 2.11 bits per heavy atom. The van der Waals surface area contributed by atoms with Gasteiger partial charge in [-0.05, 0) is 17.5 Å². The third-order valence-electron chi connectivity index (χ3n) is 3.22. The summed E-state index contributed by atoms with van der Waals surface area (Å²) < 4.78 is 5.12. The van der Waals surface area contributed by atoms with Crippen molar-refractivity contribution in [2.24, 2.45) is 0 Å². The zero-order chi connectivity index (χ0) is 13.5. The third-order valence-corrected chi connectivity index (χ3v) is 3.22. The number of amides is 1. The number of ether oxygens (including phenoxy) is 1. The van der Waals surface area contributed by atoms with Crippen LogP contribution < -0.4 is 5.73 Å². The Morgan fingerprint density at radius 1 is 1.32 bits per heavy atom. The summed E-state index contributed by atoms with van der Waals surface area (Å²) in [5.41, 5.74) is 6.16. The molecule has 0 atom stereocenters. The van der Waals surface area contributed by atoms with Crippen molar-refractivity contribution in [1.29, 1.82) is 0 Å². The van der Waals surface area contributed by atoms with Gasteiger partial charge in [0, 0.05) is 19.6 Å². The van der Waals surface area contributed by atoms with Gasteiger partial charge in [0.25, 0.3) is 0 Å². The Morgan fingerprint density at radius 3 is 2.89 bits per heavy atom. The second-order valence-corrected chi connectivity index (χ2v) is 4.78. The van der Waals surface area contributed by atoms with E-state index in [0.29, 0.717) is 6.61 Å². The number of rotatable bonds is 6. The average Bonchev–Trinajstić information content (AvgIpc) is 2.42. The molecule has 3 N–H and O–H groups in total. The van der Waals surface area contributed by atoms with E-state index >= 15 is 0 Å². The van der Waals surface area contributed by atoms with Crippen LogP contribution in [0.15, 0.2) is 36.4 Å². The quantitative estimate of drug-likeness (QED) is 0.595. The molecule has 19 heavy (non-hydrogen) atoms. The Labute approximate surface area is 113 Å². The topological polar surface area (TPSA) is 57.2 Å². The van der Waals surface area contributed by atoms with Crippen LogP contribution in [0.25, 0.3) is 0 Å². The molecule has 2 rings (SSSR count). The Bertz CT molecular complexity index is 457. The second kappa shape index (κ2) is 7.19. The monoisotopic (exact) mass is 261 g/mol. The zero-order valence-electron chi connectivity index (χ0n) is 11.2. The highest BCUT2D eigenvalue weighted by molar-refractivity contribution is 5.65. The SMILES string of the molecule is [NH3+]C(=O)COCC=CCN1CCc2ccccc2C1. The van der Waals surface area contributed by atoms with E-state index in [0.717, 1.165) is 26.1 Å². The van der Waals surface area contributed by atoms with Crippen LogP contribution in [0.1, 0.15) is 11.1 Å². The fraction of sp³-hybridized carbons (Fsp3) is 0.400. The molecule has 0 unspecified atom stereocenters. The maximum atomic E-state index is 10.6. The summed E-state index contributed by atoms with van der Waals surface area (Å²) in [5, 5.41) is 0. The van der Waals surface area contributed by atoms with E-state index in [1.54, 1.807) is 0 Å². The summed E-state index contributed by atoms with van der Waals surface area (Å²) in [4.78, 5) is 13.0. The van der Waals surface area contributed by atoms with Gasteiger partial charge in [-0.25, -0.2) is 4.79 Å². The summed E-state index contributed by atoms with van der Waals surface area (Å²) >= 11 is 0. The van der Waals surface area contributed by atoms with Gasteiger partial charge in [0.15, 0.2) is 6.61 Å². The highest BCUT2D eigenvalue weighted by Crippen LogP contribution is 2.17. The smallest absolute Gasteiger partial charge is 0.334 e. The van der Waals surface area contributed by atoms with Crippen LogP contribution >= 0.6 is 0 Å². The molecule has 0 fully saturated rings. The van der Waals surface area contributed by atoms with Crippen molar-refractivity contribution in [2.45, 2.75) is 13.0 Å². The minimum absolute atomic E-state index is 0.0986. The van der Waals surface area contributed by atoms with Gasteiger partial charge in [-0.2, -0.15) is 0 Å².